The van der Waals surface area contributed by atoms with Crippen LogP contribution < -0.4 is 4.80 Å². The molecular weight excluding hydrogens is 398 g/mol. The molecule has 0 spiro atoms. The number of esters is 1. The number of carbonyl (C=O) groups excluding carboxylic acids is 3. The Morgan fingerprint density at radius 3 is 2.38 bits per heavy atom. The first kappa shape index (κ1) is 20.1. The Bertz CT molecular complexity index is 1210. The van der Waals surface area contributed by atoms with Gasteiger partial charge in [-0.2, -0.15) is 4.99 Å². The highest BCUT2D eigenvalue weighted by Crippen LogP contribution is 2.23. The second-order valence-corrected chi connectivity index (χ2v) is 7.02. The fourth-order valence-electron chi connectivity index (χ4n) is 2.60. The number of hydrogen-bond acceptors (Lipinski definition) is 7. The monoisotopic (exact) mass is 413 g/mol. The third-order valence-corrected chi connectivity index (χ3v) is 5.19. The molecule has 0 bridgehead atoms. The van der Waals surface area contributed by atoms with Crippen LogP contribution in [0.5, 0.6) is 0 Å². The summed E-state index contributed by atoms with van der Waals surface area (Å²) in [6, 6.07) is 10.2. The minimum absolute atomic E-state index is 0.122. The normalized spacial score (nSPS) is 11.4. The van der Waals surface area contributed by atoms with Gasteiger partial charge in [-0.3, -0.25) is 24.5 Å². The summed E-state index contributed by atoms with van der Waals surface area (Å²) in [6.45, 7) is 1.17. The largest absolute Gasteiger partial charge is 0.468 e. The van der Waals surface area contributed by atoms with Gasteiger partial charge in [0.25, 0.3) is 11.6 Å². The molecule has 10 heteroatoms. The molecule has 0 atom stereocenters. The van der Waals surface area contributed by atoms with Crippen LogP contribution in [0.2, 0.25) is 0 Å². The summed E-state index contributed by atoms with van der Waals surface area (Å²) in [5, 5.41) is 11.1. The van der Waals surface area contributed by atoms with Gasteiger partial charge in [-0.05, 0) is 25.1 Å². The highest BCUT2D eigenvalue weighted by atomic mass is 32.1. The van der Waals surface area contributed by atoms with Gasteiger partial charge in [-0.25, -0.2) is 0 Å². The third kappa shape index (κ3) is 4.27. The Balaban J connectivity index is 2.12. The smallest absolute Gasteiger partial charge is 0.325 e. The number of methoxy groups -OCH3 is 1. The molecule has 2 aromatic carbocycles. The topological polar surface area (TPSA) is 121 Å². The molecule has 0 aliphatic rings. The molecule has 1 aromatic heterocycles. The zero-order chi connectivity index (χ0) is 21.1. The Kier molecular flexibility index (Phi) is 5.64. The standard InChI is InChI=1S/C19H15N3O6S/c1-11(23)12-3-5-13(6-4-12)18(25)20-19-21(10-17(24)28-2)15-9-14(22(26)27)7-8-16(15)29-19/h3-9H,10H2,1-2H3. The van der Waals surface area contributed by atoms with Crippen LogP contribution in [-0.2, 0) is 16.1 Å². The second kappa shape index (κ2) is 8.15. The van der Waals surface area contributed by atoms with E-state index in [2.05, 4.69) is 9.73 Å². The van der Waals surface area contributed by atoms with Crippen molar-refractivity contribution in [3.05, 3.63) is 68.5 Å². The third-order valence-electron chi connectivity index (χ3n) is 4.13. The molecule has 0 unspecified atom stereocenters. The molecule has 0 radical (unpaired) electrons. The Labute approximate surface area is 168 Å². The van der Waals surface area contributed by atoms with Crippen molar-refractivity contribution < 1.29 is 24.0 Å². The lowest BCUT2D eigenvalue weighted by Crippen LogP contribution is -2.22. The summed E-state index contributed by atoms with van der Waals surface area (Å²) >= 11 is 1.12. The van der Waals surface area contributed by atoms with Gasteiger partial charge in [0.2, 0.25) is 0 Å². The predicted octanol–water partition coefficient (Wildman–Crippen LogP) is 2.73. The summed E-state index contributed by atoms with van der Waals surface area (Å²) in [4.78, 5) is 50.6. The van der Waals surface area contributed by atoms with E-state index < -0.39 is 16.8 Å². The SMILES string of the molecule is COC(=O)Cn1c(=NC(=O)c2ccc(C(C)=O)cc2)sc2ccc([N+](=O)[O-])cc21. The van der Waals surface area contributed by atoms with Gasteiger partial charge in [-0.1, -0.05) is 23.5 Å². The van der Waals surface area contributed by atoms with Crippen LogP contribution in [0.25, 0.3) is 10.2 Å². The van der Waals surface area contributed by atoms with E-state index in [4.69, 9.17) is 0 Å². The molecule has 0 saturated heterocycles. The van der Waals surface area contributed by atoms with Crippen LogP contribution in [0.4, 0.5) is 5.69 Å². The van der Waals surface area contributed by atoms with E-state index in [9.17, 15) is 24.5 Å². The van der Waals surface area contributed by atoms with Gasteiger partial charge >= 0.3 is 5.97 Å². The van der Waals surface area contributed by atoms with Crippen molar-refractivity contribution >= 4 is 44.9 Å². The van der Waals surface area contributed by atoms with Crippen molar-refractivity contribution in [1.29, 1.82) is 0 Å². The molecule has 1 amide bonds. The number of non-ortho nitro benzene ring substituents is 1. The number of nitro groups is 1. The average molecular weight is 413 g/mol. The molecule has 0 fully saturated rings. The Morgan fingerprint density at radius 1 is 1.14 bits per heavy atom. The number of ketones is 1. The van der Waals surface area contributed by atoms with Gasteiger partial charge in [0.1, 0.15) is 6.54 Å². The molecule has 0 saturated carbocycles. The molecular formula is C19H15N3O6S. The number of hydrogen-bond donors (Lipinski definition) is 0. The zero-order valence-electron chi connectivity index (χ0n) is 15.4. The fraction of sp³-hybridized carbons (Fsp3) is 0.158. The summed E-state index contributed by atoms with van der Waals surface area (Å²) in [6.07, 6.45) is 0. The summed E-state index contributed by atoms with van der Waals surface area (Å²) in [5.74, 6) is -1.28. The maximum absolute atomic E-state index is 12.6. The summed E-state index contributed by atoms with van der Waals surface area (Å²) in [5.41, 5.74) is 0.985. The van der Waals surface area contributed by atoms with Crippen LogP contribution in [0.15, 0.2) is 47.5 Å². The van der Waals surface area contributed by atoms with E-state index in [0.717, 1.165) is 11.3 Å². The number of Topliss-reactive ketones (excluding diaryl/α,β-unsaturated/α-hetero) is 1. The molecule has 0 N–H and O–H groups in total. The van der Waals surface area contributed by atoms with E-state index >= 15 is 0 Å². The second-order valence-electron chi connectivity index (χ2n) is 6.01. The maximum Gasteiger partial charge on any atom is 0.325 e. The lowest BCUT2D eigenvalue weighted by atomic mass is 10.1. The molecule has 3 aromatic rings. The van der Waals surface area contributed by atoms with Crippen molar-refractivity contribution in [3.63, 3.8) is 0 Å². The first-order valence-electron chi connectivity index (χ1n) is 8.35. The lowest BCUT2D eigenvalue weighted by molar-refractivity contribution is -0.384. The Morgan fingerprint density at radius 2 is 1.79 bits per heavy atom. The van der Waals surface area contributed by atoms with Gasteiger partial charge < -0.3 is 9.30 Å². The number of amides is 1. The van der Waals surface area contributed by atoms with Crippen molar-refractivity contribution in [2.24, 2.45) is 4.99 Å². The number of carbonyl (C=O) groups is 3. The molecule has 0 aliphatic heterocycles. The van der Waals surface area contributed by atoms with Gasteiger partial charge in [0.15, 0.2) is 10.6 Å². The average Bonchev–Trinajstić information content (AvgIpc) is 3.04. The number of aromatic nitrogens is 1. The van der Waals surface area contributed by atoms with Gasteiger partial charge in [0.05, 0.1) is 22.2 Å². The van der Waals surface area contributed by atoms with Gasteiger partial charge in [0, 0.05) is 23.3 Å². The number of thiazole rings is 1. The minimum Gasteiger partial charge on any atom is -0.468 e. The number of nitrogens with zero attached hydrogens (tertiary/aromatic N) is 3. The quantitative estimate of drug-likeness (QED) is 0.274. The molecule has 29 heavy (non-hydrogen) atoms. The van der Waals surface area contributed by atoms with Crippen LogP contribution >= 0.6 is 11.3 Å². The van der Waals surface area contributed by atoms with Gasteiger partial charge in [-0.15, -0.1) is 0 Å². The van der Waals surface area contributed by atoms with E-state index in [1.54, 1.807) is 0 Å². The molecule has 9 nitrogen and oxygen atoms in total. The van der Waals surface area contributed by atoms with Crippen molar-refractivity contribution in [1.82, 2.24) is 4.57 Å². The van der Waals surface area contributed by atoms with Crippen LogP contribution in [0.1, 0.15) is 27.6 Å². The van der Waals surface area contributed by atoms with E-state index in [-0.39, 0.29) is 28.4 Å². The highest BCUT2D eigenvalue weighted by molar-refractivity contribution is 7.16. The molecule has 3 rings (SSSR count). The number of rotatable bonds is 5. The summed E-state index contributed by atoms with van der Waals surface area (Å²) in [7, 11) is 1.22. The number of ether oxygens (including phenoxy) is 1. The molecule has 0 aliphatic carbocycles. The first-order chi connectivity index (χ1) is 13.8. The van der Waals surface area contributed by atoms with Crippen molar-refractivity contribution in [3.8, 4) is 0 Å². The number of fused-ring (bicyclic) bond motifs is 1. The summed E-state index contributed by atoms with van der Waals surface area (Å²) < 4.78 is 6.71. The van der Waals surface area contributed by atoms with E-state index in [1.165, 1.54) is 61.1 Å². The van der Waals surface area contributed by atoms with E-state index in [1.807, 2.05) is 0 Å². The first-order valence-corrected chi connectivity index (χ1v) is 9.16. The molecule has 148 valence electrons. The minimum atomic E-state index is -0.587. The highest BCUT2D eigenvalue weighted by Gasteiger charge is 2.16. The Hall–Kier alpha value is -3.66. The lowest BCUT2D eigenvalue weighted by Gasteiger charge is -2.03. The van der Waals surface area contributed by atoms with E-state index in [0.29, 0.717) is 15.8 Å². The molecule has 1 heterocycles. The van der Waals surface area contributed by atoms with Crippen LogP contribution in [0, 0.1) is 10.1 Å². The number of benzene rings is 2. The zero-order valence-corrected chi connectivity index (χ0v) is 16.3. The number of nitro benzene ring substituents is 1. The van der Waals surface area contributed by atoms with Crippen molar-refractivity contribution in [2.75, 3.05) is 7.11 Å². The van der Waals surface area contributed by atoms with Crippen LogP contribution in [0.3, 0.4) is 0 Å². The van der Waals surface area contributed by atoms with Crippen LogP contribution in [-0.4, -0.2) is 34.3 Å². The fourth-order valence-corrected chi connectivity index (χ4v) is 3.61. The predicted molar refractivity (Wildman–Crippen MR) is 105 cm³/mol. The van der Waals surface area contributed by atoms with Crippen molar-refractivity contribution in [2.45, 2.75) is 13.5 Å². The maximum atomic E-state index is 12.6.